The van der Waals surface area contributed by atoms with E-state index in [-0.39, 0.29) is 24.9 Å². The first kappa shape index (κ1) is 59.3. The highest BCUT2D eigenvalue weighted by Gasteiger charge is 2.24. The minimum atomic E-state index is -0.787. The molecule has 0 heterocycles. The van der Waals surface area contributed by atoms with Crippen molar-refractivity contribution in [2.45, 2.75) is 309 Å². The van der Waals surface area contributed by atoms with Gasteiger partial charge in [-0.15, -0.1) is 0 Å². The number of nitrogens with one attached hydrogen (secondary N) is 1. The maximum atomic E-state index is 13.2. The van der Waals surface area contributed by atoms with Crippen LogP contribution in [0.25, 0.3) is 0 Å². The van der Waals surface area contributed by atoms with Gasteiger partial charge in [-0.25, -0.2) is 0 Å². The summed E-state index contributed by atoms with van der Waals surface area (Å²) in [4.78, 5) is 26.2. The number of rotatable bonds is 49. The molecule has 0 fully saturated rings. The molecule has 0 aliphatic carbocycles. The molecule has 0 spiro atoms. The zero-order chi connectivity index (χ0) is 44.5. The zero-order valence-corrected chi connectivity index (χ0v) is 41.1. The number of aliphatic hydroxyl groups excluding tert-OH is 2. The Balaban J connectivity index is 4.48. The van der Waals surface area contributed by atoms with Gasteiger partial charge in [0.1, 0.15) is 6.10 Å². The lowest BCUT2D eigenvalue weighted by Crippen LogP contribution is -2.46. The van der Waals surface area contributed by atoms with Crippen LogP contribution in [0.4, 0.5) is 0 Å². The van der Waals surface area contributed by atoms with Crippen LogP contribution in [-0.4, -0.2) is 46.9 Å². The van der Waals surface area contributed by atoms with Crippen molar-refractivity contribution in [1.29, 1.82) is 0 Å². The first-order chi connectivity index (χ1) is 30.0. The van der Waals surface area contributed by atoms with E-state index < -0.39 is 18.2 Å². The van der Waals surface area contributed by atoms with E-state index in [4.69, 9.17) is 4.74 Å². The number of aliphatic hydroxyl groups is 2. The molecule has 360 valence electrons. The Morgan fingerprint density at radius 2 is 0.885 bits per heavy atom. The molecule has 0 bridgehead atoms. The second kappa shape index (κ2) is 49.4. The van der Waals surface area contributed by atoms with Crippen molar-refractivity contribution in [2.24, 2.45) is 0 Å². The van der Waals surface area contributed by atoms with Gasteiger partial charge in [0.25, 0.3) is 0 Å². The number of allylic oxidation sites excluding steroid dienone is 4. The van der Waals surface area contributed by atoms with E-state index in [0.717, 1.165) is 70.6 Å². The van der Waals surface area contributed by atoms with Crippen molar-refractivity contribution in [3.63, 3.8) is 0 Å². The molecule has 0 saturated heterocycles. The van der Waals surface area contributed by atoms with Crippen LogP contribution in [0.3, 0.4) is 0 Å². The molecule has 0 radical (unpaired) electrons. The topological polar surface area (TPSA) is 95.9 Å². The van der Waals surface area contributed by atoms with Crippen LogP contribution in [0, 0.1) is 0 Å². The Morgan fingerprint density at radius 3 is 1.33 bits per heavy atom. The molecule has 0 aromatic carbocycles. The fraction of sp³-hybridized carbons (Fsp3) is 0.891. The zero-order valence-electron chi connectivity index (χ0n) is 41.1. The van der Waals surface area contributed by atoms with Crippen LogP contribution < -0.4 is 5.32 Å². The molecular formula is C55H105NO5. The van der Waals surface area contributed by atoms with Gasteiger partial charge in [0.2, 0.25) is 5.91 Å². The number of unbranched alkanes of at least 4 members (excludes halogenated alkanes) is 33. The molecule has 3 N–H and O–H groups in total. The van der Waals surface area contributed by atoms with Gasteiger partial charge in [-0.2, -0.15) is 0 Å². The minimum absolute atomic E-state index is 0.0734. The molecule has 0 aromatic rings. The van der Waals surface area contributed by atoms with E-state index in [1.807, 2.05) is 0 Å². The minimum Gasteiger partial charge on any atom is -0.462 e. The highest BCUT2D eigenvalue weighted by molar-refractivity contribution is 5.77. The first-order valence-electron chi connectivity index (χ1n) is 27.1. The van der Waals surface area contributed by atoms with E-state index in [1.54, 1.807) is 0 Å². The highest BCUT2D eigenvalue weighted by atomic mass is 16.5. The molecule has 0 aliphatic rings. The summed E-state index contributed by atoms with van der Waals surface area (Å²) in [5, 5.41) is 23.8. The van der Waals surface area contributed by atoms with E-state index in [0.29, 0.717) is 19.3 Å². The predicted octanol–water partition coefficient (Wildman–Crippen LogP) is 16.3. The second-order valence-electron chi connectivity index (χ2n) is 18.6. The average molecular weight is 860 g/mol. The summed E-state index contributed by atoms with van der Waals surface area (Å²) in [7, 11) is 0. The van der Waals surface area contributed by atoms with Gasteiger partial charge < -0.3 is 20.3 Å². The van der Waals surface area contributed by atoms with Crippen LogP contribution in [0.2, 0.25) is 0 Å². The van der Waals surface area contributed by atoms with Crippen molar-refractivity contribution in [3.8, 4) is 0 Å². The second-order valence-corrected chi connectivity index (χ2v) is 18.6. The van der Waals surface area contributed by atoms with Gasteiger partial charge in [-0.3, -0.25) is 9.59 Å². The molecule has 3 atom stereocenters. The number of hydrogen-bond donors (Lipinski definition) is 3. The lowest BCUT2D eigenvalue weighted by atomic mass is 10.0. The van der Waals surface area contributed by atoms with Crippen molar-refractivity contribution in [1.82, 2.24) is 5.32 Å². The SMILES string of the molecule is CC/C=C/C/C=C/CCCCCCCC(CC(=O)NC(CO)C(O)CCCCCCCCCCCCCCCCCC)OC(=O)CCCCCCCCCCCCCCCC. The van der Waals surface area contributed by atoms with Gasteiger partial charge >= 0.3 is 5.97 Å². The molecular weight excluding hydrogens is 755 g/mol. The smallest absolute Gasteiger partial charge is 0.306 e. The van der Waals surface area contributed by atoms with Gasteiger partial charge in [0.05, 0.1) is 25.2 Å². The highest BCUT2D eigenvalue weighted by Crippen LogP contribution is 2.18. The summed E-state index contributed by atoms with van der Waals surface area (Å²) in [6.07, 6.45) is 56.7. The van der Waals surface area contributed by atoms with Crippen LogP contribution in [-0.2, 0) is 14.3 Å². The predicted molar refractivity (Wildman–Crippen MR) is 264 cm³/mol. The van der Waals surface area contributed by atoms with Crippen molar-refractivity contribution in [2.75, 3.05) is 6.61 Å². The standard InChI is InChI=1S/C55H105NO5/c1-4-7-10-13-16-19-22-25-27-28-29-32-35-38-41-44-47-53(58)52(50-57)56-54(59)49-51(46-43-40-37-34-31-24-21-18-15-12-9-6-3)61-55(60)48-45-42-39-36-33-30-26-23-20-17-14-11-8-5-2/h9,12,18,21,51-53,57-58H,4-8,10-11,13-17,19-20,22-50H2,1-3H3,(H,56,59)/b12-9+,21-18+. The number of amides is 1. The van der Waals surface area contributed by atoms with E-state index in [9.17, 15) is 19.8 Å². The summed E-state index contributed by atoms with van der Waals surface area (Å²) >= 11 is 0. The Labute approximate surface area is 380 Å². The van der Waals surface area contributed by atoms with Crippen molar-refractivity contribution < 1.29 is 24.5 Å². The number of carbonyl (C=O) groups excluding carboxylic acids is 2. The summed E-state index contributed by atoms with van der Waals surface area (Å²) in [5.41, 5.74) is 0. The molecule has 0 saturated carbocycles. The molecule has 61 heavy (non-hydrogen) atoms. The van der Waals surface area contributed by atoms with Crippen LogP contribution in [0.5, 0.6) is 0 Å². The van der Waals surface area contributed by atoms with Crippen molar-refractivity contribution in [3.05, 3.63) is 24.3 Å². The first-order valence-corrected chi connectivity index (χ1v) is 27.1. The lowest BCUT2D eigenvalue weighted by Gasteiger charge is -2.24. The normalized spacial score (nSPS) is 13.3. The summed E-state index contributed by atoms with van der Waals surface area (Å²) < 4.78 is 5.93. The van der Waals surface area contributed by atoms with Crippen LogP contribution >= 0.6 is 0 Å². The quantitative estimate of drug-likeness (QED) is 0.0322. The number of hydrogen-bond acceptors (Lipinski definition) is 5. The molecule has 6 heteroatoms. The largest absolute Gasteiger partial charge is 0.462 e. The fourth-order valence-corrected chi connectivity index (χ4v) is 8.47. The lowest BCUT2D eigenvalue weighted by molar-refractivity contribution is -0.151. The third-order valence-corrected chi connectivity index (χ3v) is 12.5. The monoisotopic (exact) mass is 860 g/mol. The Morgan fingerprint density at radius 1 is 0.492 bits per heavy atom. The molecule has 0 rings (SSSR count). The molecule has 1 amide bonds. The fourth-order valence-electron chi connectivity index (χ4n) is 8.47. The number of esters is 1. The Bertz CT molecular complexity index is 966. The summed E-state index contributed by atoms with van der Waals surface area (Å²) in [6, 6.07) is -0.701. The Hall–Kier alpha value is -1.66. The molecule has 0 aromatic heterocycles. The summed E-state index contributed by atoms with van der Waals surface area (Å²) in [5.74, 6) is -0.473. The summed E-state index contributed by atoms with van der Waals surface area (Å²) in [6.45, 7) is 6.40. The average Bonchev–Trinajstić information content (AvgIpc) is 3.25. The molecule has 3 unspecified atom stereocenters. The van der Waals surface area contributed by atoms with E-state index in [1.165, 1.54) is 173 Å². The maximum Gasteiger partial charge on any atom is 0.306 e. The Kier molecular flexibility index (Phi) is 48.0. The van der Waals surface area contributed by atoms with Gasteiger partial charge in [0.15, 0.2) is 0 Å². The molecule has 6 nitrogen and oxygen atoms in total. The third-order valence-electron chi connectivity index (χ3n) is 12.5. The van der Waals surface area contributed by atoms with Crippen LogP contribution in [0.15, 0.2) is 24.3 Å². The van der Waals surface area contributed by atoms with Gasteiger partial charge in [0, 0.05) is 6.42 Å². The number of carbonyl (C=O) groups is 2. The van der Waals surface area contributed by atoms with Crippen molar-refractivity contribution >= 4 is 11.9 Å². The van der Waals surface area contributed by atoms with Crippen LogP contribution in [0.1, 0.15) is 290 Å². The molecule has 0 aliphatic heterocycles. The maximum absolute atomic E-state index is 13.2. The number of ether oxygens (including phenoxy) is 1. The van der Waals surface area contributed by atoms with Gasteiger partial charge in [-0.1, -0.05) is 251 Å². The van der Waals surface area contributed by atoms with Gasteiger partial charge in [-0.05, 0) is 51.4 Å². The van der Waals surface area contributed by atoms with E-state index in [2.05, 4.69) is 50.4 Å². The van der Waals surface area contributed by atoms with E-state index >= 15 is 0 Å². The third kappa shape index (κ3) is 44.7.